The highest BCUT2D eigenvalue weighted by Gasteiger charge is 2.11. The van der Waals surface area contributed by atoms with E-state index >= 15 is 0 Å². The third-order valence-corrected chi connectivity index (χ3v) is 4.65. The first-order chi connectivity index (χ1) is 15.4. The van der Waals surface area contributed by atoms with Crippen LogP contribution in [0.1, 0.15) is 13.8 Å². The van der Waals surface area contributed by atoms with Crippen molar-refractivity contribution in [2.24, 2.45) is 14.1 Å². The lowest BCUT2D eigenvalue weighted by Crippen LogP contribution is -2.39. The lowest BCUT2D eigenvalue weighted by molar-refractivity contribution is -0.651. The molecule has 0 radical (unpaired) electrons. The fraction of sp³-hybridized carbons (Fsp3) is 0.250. The smallest absolute Gasteiger partial charge is 0.368 e. The van der Waals surface area contributed by atoms with Gasteiger partial charge in [-0.1, -0.05) is 24.3 Å². The molecular formula is C24H28BFN2O4. The van der Waals surface area contributed by atoms with Gasteiger partial charge in [0, 0.05) is 22.9 Å². The van der Waals surface area contributed by atoms with E-state index in [0.717, 1.165) is 11.8 Å². The number of hydrogen-bond donors (Lipinski definition) is 0. The minimum absolute atomic E-state index is 0.701. The molecule has 0 bridgehead atoms. The molecule has 0 spiro atoms. The molecule has 0 saturated carbocycles. The van der Waals surface area contributed by atoms with E-state index in [1.807, 2.05) is 64.3 Å². The molecule has 0 fully saturated rings. The minimum Gasteiger partial charge on any atom is -0.867 e. The van der Waals surface area contributed by atoms with Crippen molar-refractivity contribution in [3.63, 3.8) is 0 Å². The average molecular weight is 438 g/mol. The molecule has 4 aromatic rings. The van der Waals surface area contributed by atoms with Crippen LogP contribution in [0, 0.1) is 0 Å². The zero-order valence-corrected chi connectivity index (χ0v) is 18.8. The van der Waals surface area contributed by atoms with Crippen LogP contribution < -0.4 is 28.7 Å². The second-order valence-corrected chi connectivity index (χ2v) is 6.72. The fourth-order valence-electron chi connectivity index (χ4n) is 3.24. The van der Waals surface area contributed by atoms with Gasteiger partial charge < -0.3 is 23.8 Å². The number of aryl methyl sites for hydroxylation is 2. The molecule has 0 aliphatic heterocycles. The quantitative estimate of drug-likeness (QED) is 0.360. The lowest BCUT2D eigenvalue weighted by Gasteiger charge is -2.09. The molecule has 2 heterocycles. The summed E-state index contributed by atoms with van der Waals surface area (Å²) in [5.74, 6) is 1.82. The number of hydrogen-bond acceptors (Lipinski definition) is 4. The summed E-state index contributed by atoms with van der Waals surface area (Å²) in [5.41, 5.74) is 2.39. The van der Waals surface area contributed by atoms with Crippen molar-refractivity contribution in [2.75, 3.05) is 13.2 Å². The van der Waals surface area contributed by atoms with Crippen molar-refractivity contribution in [1.29, 1.82) is 0 Å². The molecule has 0 amide bonds. The van der Waals surface area contributed by atoms with Crippen molar-refractivity contribution in [3.05, 3.63) is 72.8 Å². The first-order valence-electron chi connectivity index (χ1n) is 10.4. The molecule has 168 valence electrons. The van der Waals surface area contributed by atoms with Gasteiger partial charge in [0.1, 0.15) is 21.5 Å². The molecule has 8 heteroatoms. The lowest BCUT2D eigenvalue weighted by atomic mass is 10.2. The highest BCUT2D eigenvalue weighted by atomic mass is 19.1. The van der Waals surface area contributed by atoms with Crippen LogP contribution in [0.3, 0.4) is 0 Å². The molecule has 2 aromatic heterocycles. The van der Waals surface area contributed by atoms with E-state index in [0.29, 0.717) is 13.2 Å². The number of para-hydroxylation sites is 2. The number of rotatable bonds is 4. The van der Waals surface area contributed by atoms with Crippen LogP contribution in [0.5, 0.6) is 11.8 Å². The molecule has 4 rings (SSSR count). The summed E-state index contributed by atoms with van der Waals surface area (Å²) in [6, 6.07) is 24.7. The largest absolute Gasteiger partial charge is 0.867 e. The zero-order chi connectivity index (χ0) is 23.5. The summed E-state index contributed by atoms with van der Waals surface area (Å²) in [7, 11) is 0.876. The Labute approximate surface area is 188 Å². The van der Waals surface area contributed by atoms with Crippen molar-refractivity contribution in [3.8, 4) is 11.8 Å². The Hall–Kier alpha value is -3.23. The average Bonchev–Trinajstić information content (AvgIpc) is 2.78. The van der Waals surface area contributed by atoms with Crippen LogP contribution >= 0.6 is 0 Å². The van der Waals surface area contributed by atoms with Crippen LogP contribution in [-0.4, -0.2) is 20.6 Å². The summed E-state index contributed by atoms with van der Waals surface area (Å²) in [5, 5.41) is 19.1. The SMILES string of the molecule is CCOc1ccc2ccccc2[n+]1C.CCOc1ccc2ccccc2[n+]1C.[O-]B([O-])F. The number of halogens is 1. The van der Waals surface area contributed by atoms with Gasteiger partial charge in [-0.15, -0.1) is 0 Å². The Morgan fingerprint density at radius 3 is 1.38 bits per heavy atom. The summed E-state index contributed by atoms with van der Waals surface area (Å²) in [6.45, 7) is 5.39. The van der Waals surface area contributed by atoms with Crippen LogP contribution in [-0.2, 0) is 14.1 Å². The summed E-state index contributed by atoms with van der Waals surface area (Å²) in [6.07, 6.45) is 0. The Morgan fingerprint density at radius 2 is 1.03 bits per heavy atom. The molecular weight excluding hydrogens is 410 g/mol. The maximum absolute atomic E-state index is 9.89. The van der Waals surface area contributed by atoms with E-state index in [4.69, 9.17) is 19.5 Å². The maximum atomic E-state index is 9.89. The van der Waals surface area contributed by atoms with Crippen LogP contribution in [0.4, 0.5) is 4.32 Å². The molecule has 0 N–H and O–H groups in total. The Bertz CT molecular complexity index is 1050. The van der Waals surface area contributed by atoms with E-state index in [1.165, 1.54) is 21.8 Å². The Kier molecular flexibility index (Phi) is 9.85. The predicted molar refractivity (Wildman–Crippen MR) is 119 cm³/mol. The van der Waals surface area contributed by atoms with Gasteiger partial charge in [0.25, 0.3) is 0 Å². The topological polar surface area (TPSA) is 72.3 Å². The van der Waals surface area contributed by atoms with Crippen LogP contribution in [0.2, 0.25) is 0 Å². The van der Waals surface area contributed by atoms with E-state index in [2.05, 4.69) is 45.5 Å². The molecule has 0 aliphatic rings. The van der Waals surface area contributed by atoms with E-state index in [9.17, 15) is 4.32 Å². The van der Waals surface area contributed by atoms with Gasteiger partial charge in [-0.3, -0.25) is 0 Å². The standard InChI is InChI=1S/2C12H14NO.BFO2/c2*1-3-14-12-9-8-10-6-4-5-7-11(10)13(12)2;2-1(3)4/h2*4-9H,3H2,1-2H3;/q2*+1;-2. The van der Waals surface area contributed by atoms with Gasteiger partial charge in [-0.25, -0.2) is 0 Å². The molecule has 0 aliphatic carbocycles. The molecule has 2 aromatic carbocycles. The Morgan fingerprint density at radius 1 is 0.688 bits per heavy atom. The highest BCUT2D eigenvalue weighted by Crippen LogP contribution is 2.14. The van der Waals surface area contributed by atoms with E-state index in [1.54, 1.807) is 0 Å². The number of nitrogens with zero attached hydrogens (tertiary/aromatic N) is 2. The van der Waals surface area contributed by atoms with Gasteiger partial charge >= 0.3 is 11.8 Å². The maximum Gasteiger partial charge on any atom is 0.368 e. The monoisotopic (exact) mass is 438 g/mol. The van der Waals surface area contributed by atoms with Crippen LogP contribution in [0.25, 0.3) is 21.8 Å². The number of ether oxygens (including phenoxy) is 2. The molecule has 0 saturated heterocycles. The van der Waals surface area contributed by atoms with Gasteiger partial charge in [0.15, 0.2) is 0 Å². The molecule has 32 heavy (non-hydrogen) atoms. The molecule has 6 nitrogen and oxygen atoms in total. The van der Waals surface area contributed by atoms with Crippen molar-refractivity contribution in [2.45, 2.75) is 13.8 Å². The third kappa shape index (κ3) is 6.90. The summed E-state index contributed by atoms with van der Waals surface area (Å²) in [4.78, 5) is 0. The van der Waals surface area contributed by atoms with Crippen molar-refractivity contribution in [1.82, 2.24) is 0 Å². The normalized spacial score (nSPS) is 9.97. The second-order valence-electron chi connectivity index (χ2n) is 6.72. The fourth-order valence-corrected chi connectivity index (χ4v) is 3.24. The highest BCUT2D eigenvalue weighted by molar-refractivity contribution is 6.27. The van der Waals surface area contributed by atoms with E-state index in [-0.39, 0.29) is 0 Å². The second kappa shape index (κ2) is 12.6. The van der Waals surface area contributed by atoms with Crippen LogP contribution in [0.15, 0.2) is 72.8 Å². The van der Waals surface area contributed by atoms with E-state index < -0.39 is 7.40 Å². The number of benzene rings is 2. The van der Waals surface area contributed by atoms with Crippen molar-refractivity contribution >= 4 is 29.2 Å². The number of fused-ring (bicyclic) bond motifs is 2. The van der Waals surface area contributed by atoms with Gasteiger partial charge in [0.2, 0.25) is 11.0 Å². The zero-order valence-electron chi connectivity index (χ0n) is 18.8. The summed E-state index contributed by atoms with van der Waals surface area (Å²) >= 11 is 0. The first kappa shape index (κ1) is 25.0. The molecule has 0 unspecified atom stereocenters. The van der Waals surface area contributed by atoms with Gasteiger partial charge in [-0.2, -0.15) is 9.13 Å². The van der Waals surface area contributed by atoms with Crippen molar-refractivity contribution < 1.29 is 33.0 Å². The summed E-state index contributed by atoms with van der Waals surface area (Å²) < 4.78 is 25.0. The molecule has 0 atom stereocenters. The Balaban J connectivity index is 0.000000195. The van der Waals surface area contributed by atoms with Gasteiger partial charge in [0.05, 0.1) is 25.3 Å². The number of aromatic nitrogens is 2. The minimum atomic E-state index is -3.17. The predicted octanol–water partition coefficient (Wildman–Crippen LogP) is 1.79. The third-order valence-electron chi connectivity index (χ3n) is 4.65. The van der Waals surface area contributed by atoms with Gasteiger partial charge in [-0.05, 0) is 38.1 Å². The number of pyridine rings is 2. The first-order valence-corrected chi connectivity index (χ1v) is 10.4.